The Labute approximate surface area is 77.4 Å². The Morgan fingerprint density at radius 1 is 1.08 bits per heavy atom. The molecule has 0 aliphatic rings. The zero-order valence-electron chi connectivity index (χ0n) is 6.91. The highest BCUT2D eigenvalue weighted by Crippen LogP contribution is 2.19. The van der Waals surface area contributed by atoms with Crippen molar-refractivity contribution in [1.82, 2.24) is 0 Å². The van der Waals surface area contributed by atoms with Gasteiger partial charge in [0.05, 0.1) is 0 Å². The molecule has 0 heterocycles. The zero-order chi connectivity index (χ0) is 10.4. The topological polar surface area (TPSA) is 105 Å². The van der Waals surface area contributed by atoms with Crippen molar-refractivity contribution in [3.8, 4) is 0 Å². The van der Waals surface area contributed by atoms with Gasteiger partial charge < -0.3 is 9.68 Å². The number of hydrogen-bond donors (Lipinski definition) is 0. The molecule has 0 saturated heterocycles. The Morgan fingerprint density at radius 2 is 1.38 bits per heavy atom. The van der Waals surface area contributed by atoms with Crippen molar-refractivity contribution in [3.63, 3.8) is 0 Å². The fourth-order valence-corrected chi connectivity index (χ4v) is 1.34. The third kappa shape index (κ3) is 7.12. The first-order chi connectivity index (χ1) is 5.91. The predicted octanol–water partition coefficient (Wildman–Crippen LogP) is 0.828. The summed E-state index contributed by atoms with van der Waals surface area (Å²) in [5.41, 5.74) is -1.60. The first kappa shape index (κ1) is 11.8. The summed E-state index contributed by atoms with van der Waals surface area (Å²) < 4.78 is 0. The molecule has 9 heteroatoms. The average molecular weight is 212 g/mol. The molecule has 0 aromatic heterocycles. The lowest BCUT2D eigenvalue weighted by atomic mass is 10.8. The van der Waals surface area contributed by atoms with Gasteiger partial charge >= 0.3 is 0 Å². The van der Waals surface area contributed by atoms with E-state index in [2.05, 4.69) is 9.68 Å². The van der Waals surface area contributed by atoms with E-state index in [9.17, 15) is 20.2 Å². The summed E-state index contributed by atoms with van der Waals surface area (Å²) in [5.74, 6) is 0. The molecule has 0 radical (unpaired) electrons. The lowest BCUT2D eigenvalue weighted by Gasteiger charge is -2.12. The highest BCUT2D eigenvalue weighted by Gasteiger charge is 2.14. The molecule has 8 nitrogen and oxygen atoms in total. The van der Waals surface area contributed by atoms with Gasteiger partial charge in [-0.05, 0) is 13.8 Å². The molecule has 0 amide bonds. The molecular weight excluding hydrogens is 204 g/mol. The summed E-state index contributed by atoms with van der Waals surface area (Å²) >= 11 is 0.828. The van der Waals surface area contributed by atoms with Gasteiger partial charge in [-0.1, -0.05) is 0 Å². The maximum absolute atomic E-state index is 9.81. The summed E-state index contributed by atoms with van der Waals surface area (Å²) in [4.78, 5) is 27.8. The maximum atomic E-state index is 9.81. The molecule has 0 aliphatic heterocycles. The second-order valence-electron chi connectivity index (χ2n) is 1.93. The summed E-state index contributed by atoms with van der Waals surface area (Å²) in [7, 11) is 0. The van der Waals surface area contributed by atoms with Gasteiger partial charge in [0.25, 0.3) is 10.2 Å². The van der Waals surface area contributed by atoms with Crippen molar-refractivity contribution in [2.24, 2.45) is 0 Å². The summed E-state index contributed by atoms with van der Waals surface area (Å²) in [5, 5.41) is 17.7. The minimum Gasteiger partial charge on any atom is -0.300 e. The maximum Gasteiger partial charge on any atom is 0.295 e. The molecule has 0 bridgehead atoms. The van der Waals surface area contributed by atoms with Crippen molar-refractivity contribution < 1.29 is 19.8 Å². The Balaban J connectivity index is 3.70. The van der Waals surface area contributed by atoms with Crippen LogP contribution >= 0.6 is 11.8 Å². The SMILES string of the molecule is CC(O[N+](=O)[O-])SC(C)O[N+](=O)[O-]. The molecule has 0 aromatic carbocycles. The van der Waals surface area contributed by atoms with Crippen LogP contribution in [0.5, 0.6) is 0 Å². The average Bonchev–Trinajstić information content (AvgIpc) is 1.80. The number of thioether (sulfide) groups is 1. The van der Waals surface area contributed by atoms with E-state index >= 15 is 0 Å². The third-order valence-corrected chi connectivity index (χ3v) is 1.79. The third-order valence-electron chi connectivity index (χ3n) is 0.852. The van der Waals surface area contributed by atoms with E-state index in [1.807, 2.05) is 0 Å². The van der Waals surface area contributed by atoms with E-state index < -0.39 is 21.0 Å². The molecule has 0 aromatic rings. The molecule has 0 spiro atoms. The van der Waals surface area contributed by atoms with Crippen molar-refractivity contribution in [2.75, 3.05) is 0 Å². The van der Waals surface area contributed by atoms with E-state index in [0.717, 1.165) is 11.8 Å². The number of hydrogen-bond acceptors (Lipinski definition) is 7. The summed E-state index contributed by atoms with van der Waals surface area (Å²) in [6.07, 6.45) is 0. The Hall–Kier alpha value is -1.25. The Bertz CT molecular complexity index is 179. The predicted molar refractivity (Wildman–Crippen MR) is 42.7 cm³/mol. The second kappa shape index (κ2) is 5.41. The van der Waals surface area contributed by atoms with Crippen LogP contribution in [0.15, 0.2) is 0 Å². The quantitative estimate of drug-likeness (QED) is 0.364. The fourth-order valence-electron chi connectivity index (χ4n) is 0.562. The highest BCUT2D eigenvalue weighted by atomic mass is 32.2. The Morgan fingerprint density at radius 3 is 1.62 bits per heavy atom. The van der Waals surface area contributed by atoms with Crippen LogP contribution in [0.2, 0.25) is 0 Å². The number of rotatable bonds is 6. The monoisotopic (exact) mass is 212 g/mol. The lowest BCUT2D eigenvalue weighted by molar-refractivity contribution is -0.764. The highest BCUT2D eigenvalue weighted by molar-refractivity contribution is 8.00. The van der Waals surface area contributed by atoms with Gasteiger partial charge in [0.1, 0.15) is 0 Å². The molecule has 0 fully saturated rings. The van der Waals surface area contributed by atoms with Gasteiger partial charge in [-0.25, -0.2) is 0 Å². The van der Waals surface area contributed by atoms with E-state index in [-0.39, 0.29) is 0 Å². The van der Waals surface area contributed by atoms with Crippen LogP contribution in [0, 0.1) is 20.2 Å². The van der Waals surface area contributed by atoms with Gasteiger partial charge in [0, 0.05) is 0 Å². The fraction of sp³-hybridized carbons (Fsp3) is 1.00. The number of nitrogens with zero attached hydrogens (tertiary/aromatic N) is 2. The van der Waals surface area contributed by atoms with Crippen LogP contribution in [0.4, 0.5) is 0 Å². The minimum absolute atomic E-state index is 0.801. The zero-order valence-corrected chi connectivity index (χ0v) is 7.72. The lowest BCUT2D eigenvalue weighted by Crippen LogP contribution is -2.16. The molecule has 2 atom stereocenters. The van der Waals surface area contributed by atoms with Crippen molar-refractivity contribution in [2.45, 2.75) is 24.7 Å². The van der Waals surface area contributed by atoms with Crippen LogP contribution < -0.4 is 0 Å². The first-order valence-electron chi connectivity index (χ1n) is 3.19. The van der Waals surface area contributed by atoms with Crippen LogP contribution in [0.3, 0.4) is 0 Å². The van der Waals surface area contributed by atoms with Crippen LogP contribution in [0.25, 0.3) is 0 Å². The van der Waals surface area contributed by atoms with Crippen LogP contribution in [0.1, 0.15) is 13.8 Å². The van der Waals surface area contributed by atoms with E-state index in [4.69, 9.17) is 0 Å². The van der Waals surface area contributed by atoms with Crippen molar-refractivity contribution in [1.29, 1.82) is 0 Å². The van der Waals surface area contributed by atoms with E-state index in [1.165, 1.54) is 13.8 Å². The molecule has 2 unspecified atom stereocenters. The van der Waals surface area contributed by atoms with Gasteiger partial charge in [0.15, 0.2) is 10.9 Å². The molecule has 0 aliphatic carbocycles. The van der Waals surface area contributed by atoms with Gasteiger partial charge in [-0.2, -0.15) is 0 Å². The van der Waals surface area contributed by atoms with Crippen molar-refractivity contribution in [3.05, 3.63) is 20.2 Å². The molecule has 13 heavy (non-hydrogen) atoms. The molecule has 0 saturated carbocycles. The van der Waals surface area contributed by atoms with Gasteiger partial charge in [0.2, 0.25) is 0 Å². The first-order valence-corrected chi connectivity index (χ1v) is 4.14. The second-order valence-corrected chi connectivity index (χ2v) is 3.53. The molecule has 0 N–H and O–H groups in total. The van der Waals surface area contributed by atoms with Gasteiger partial charge in [-0.3, -0.25) is 0 Å². The van der Waals surface area contributed by atoms with Gasteiger partial charge in [-0.15, -0.1) is 32.0 Å². The van der Waals surface area contributed by atoms with Crippen molar-refractivity contribution >= 4 is 11.8 Å². The molecular formula is C4H8N2O6S. The molecule has 76 valence electrons. The minimum atomic E-state index is -0.962. The largest absolute Gasteiger partial charge is 0.300 e. The van der Waals surface area contributed by atoms with Crippen LogP contribution in [-0.4, -0.2) is 21.0 Å². The van der Waals surface area contributed by atoms with E-state index in [0.29, 0.717) is 0 Å². The van der Waals surface area contributed by atoms with E-state index in [1.54, 1.807) is 0 Å². The summed E-state index contributed by atoms with van der Waals surface area (Å²) in [6.45, 7) is 2.79. The Kier molecular flexibility index (Phi) is 4.89. The smallest absolute Gasteiger partial charge is 0.295 e. The normalized spacial score (nSPS) is 14.3. The summed E-state index contributed by atoms with van der Waals surface area (Å²) in [6, 6.07) is 0. The molecule has 0 rings (SSSR count). The van der Waals surface area contributed by atoms with Crippen LogP contribution in [-0.2, 0) is 9.68 Å². The standard InChI is InChI=1S/C4H8N2O6S/c1-3(11-5(7)8)13-4(2)12-6(9)10/h3-4H,1-2H3.